The number of rotatable bonds is 1. The minimum atomic E-state index is -1.46. The summed E-state index contributed by atoms with van der Waals surface area (Å²) in [5, 5.41) is 5.76. The molecule has 0 aliphatic heterocycles. The average Bonchev–Trinajstić information content (AvgIpc) is 3.18. The molecule has 2 aromatic rings. The fourth-order valence-corrected chi connectivity index (χ4v) is 3.25. The molecule has 2 rings (SSSR count). The summed E-state index contributed by atoms with van der Waals surface area (Å²) in [5.74, 6) is 19.2. The third-order valence-corrected chi connectivity index (χ3v) is 5.01. The molecule has 0 fully saturated rings. The summed E-state index contributed by atoms with van der Waals surface area (Å²) in [6.07, 6.45) is 0. The molecule has 1 nitrogen and oxygen atoms in total. The van der Waals surface area contributed by atoms with Crippen LogP contribution in [0.3, 0.4) is 0 Å². The molecule has 0 aromatic carbocycles. The topological polar surface area (TPSA) is 17.1 Å². The van der Waals surface area contributed by atoms with Crippen LogP contribution in [0.1, 0.15) is 20.8 Å². The third kappa shape index (κ3) is 5.96. The Labute approximate surface area is 152 Å². The van der Waals surface area contributed by atoms with Gasteiger partial charge in [-0.1, -0.05) is 31.5 Å². The molecule has 0 aliphatic carbocycles. The zero-order valence-electron chi connectivity index (χ0n) is 13.6. The molecule has 0 unspecified atom stereocenters. The Hall–Kier alpha value is -2.47. The van der Waals surface area contributed by atoms with Crippen molar-refractivity contribution in [3.8, 4) is 47.0 Å². The Kier molecular flexibility index (Phi) is 6.26. The second-order valence-corrected chi connectivity index (χ2v) is 12.2. The van der Waals surface area contributed by atoms with Crippen molar-refractivity contribution in [3.63, 3.8) is 0 Å². The van der Waals surface area contributed by atoms with Crippen LogP contribution in [0.2, 0.25) is 19.6 Å². The van der Waals surface area contributed by atoms with E-state index in [4.69, 9.17) is 0 Å². The van der Waals surface area contributed by atoms with E-state index in [1.807, 2.05) is 28.3 Å². The molecule has 0 aliphatic rings. The normalized spacial score (nSPS) is 9.12. The van der Waals surface area contributed by atoms with Crippen molar-refractivity contribution in [1.82, 2.24) is 0 Å². The van der Waals surface area contributed by atoms with E-state index in [1.54, 1.807) is 11.3 Å². The van der Waals surface area contributed by atoms with Crippen LogP contribution in [0, 0.1) is 47.0 Å². The summed E-state index contributed by atoms with van der Waals surface area (Å²) >= 11 is 2.93. The predicted octanol–water partition coefficient (Wildman–Crippen LogP) is 4.28. The first-order chi connectivity index (χ1) is 11.5. The Morgan fingerprint density at radius 1 is 1.00 bits per heavy atom. The van der Waals surface area contributed by atoms with Gasteiger partial charge in [0, 0.05) is 16.5 Å². The second kappa shape index (κ2) is 8.40. The highest BCUT2D eigenvalue weighted by atomic mass is 32.1. The van der Waals surface area contributed by atoms with Gasteiger partial charge in [-0.2, -0.15) is 11.3 Å². The van der Waals surface area contributed by atoms with E-state index < -0.39 is 8.07 Å². The van der Waals surface area contributed by atoms with Gasteiger partial charge in [0.25, 0.3) is 0 Å². The van der Waals surface area contributed by atoms with Crippen molar-refractivity contribution in [2.24, 2.45) is 0 Å². The molecule has 2 aromatic heterocycles. The van der Waals surface area contributed by atoms with Crippen LogP contribution in [-0.4, -0.2) is 13.9 Å². The standard InChI is InChI=1S/C20H14OS2Si/c1-24(2,3)15-7-6-10-19(21)20-18(12-14-23-20)9-5-4-8-17-11-13-22-16-17/h11-14,16H,1-3H3. The smallest absolute Gasteiger partial charge is 0.248 e. The maximum Gasteiger partial charge on any atom is 0.248 e. The zero-order chi connectivity index (χ0) is 17.4. The molecule has 0 N–H and O–H groups in total. The lowest BCUT2D eigenvalue weighted by Crippen LogP contribution is -2.16. The van der Waals surface area contributed by atoms with Crippen LogP contribution < -0.4 is 0 Å². The van der Waals surface area contributed by atoms with E-state index in [2.05, 4.69) is 66.6 Å². The van der Waals surface area contributed by atoms with Gasteiger partial charge in [-0.05, 0) is 52.5 Å². The number of carbonyl (C=O) groups is 1. The maximum atomic E-state index is 12.1. The Balaban J connectivity index is 2.12. The lowest BCUT2D eigenvalue weighted by molar-refractivity contribution is 0.106. The highest BCUT2D eigenvalue weighted by Crippen LogP contribution is 2.16. The van der Waals surface area contributed by atoms with Crippen LogP contribution in [0.25, 0.3) is 0 Å². The SMILES string of the molecule is C[Si](C)(C)C#CC#CC(=O)c1sccc1C#CC#Cc1ccsc1. The van der Waals surface area contributed by atoms with Crippen LogP contribution in [0.4, 0.5) is 0 Å². The van der Waals surface area contributed by atoms with Crippen molar-refractivity contribution in [3.05, 3.63) is 44.3 Å². The Bertz CT molecular complexity index is 973. The molecule has 0 radical (unpaired) electrons. The molecule has 4 heteroatoms. The molecule has 0 amide bonds. The average molecular weight is 363 g/mol. The first kappa shape index (κ1) is 17.9. The first-order valence-electron chi connectivity index (χ1n) is 7.15. The first-order valence-corrected chi connectivity index (χ1v) is 12.5. The predicted molar refractivity (Wildman–Crippen MR) is 106 cm³/mol. The molecule has 0 saturated heterocycles. The quantitative estimate of drug-likeness (QED) is 0.320. The number of thiophene rings is 2. The fourth-order valence-electron chi connectivity index (χ4n) is 1.48. The number of Topliss-reactive ketones (excluding diaryl/α,β-unsaturated/α-hetero) is 1. The van der Waals surface area contributed by atoms with Gasteiger partial charge in [0.15, 0.2) is 0 Å². The lowest BCUT2D eigenvalue weighted by Gasteiger charge is -2.01. The van der Waals surface area contributed by atoms with E-state index in [-0.39, 0.29) is 5.78 Å². The Morgan fingerprint density at radius 3 is 2.50 bits per heavy atom. The number of carbonyl (C=O) groups excluding carboxylic acids is 1. The van der Waals surface area contributed by atoms with Crippen LogP contribution in [-0.2, 0) is 0 Å². The second-order valence-electron chi connectivity index (χ2n) is 5.75. The van der Waals surface area contributed by atoms with Crippen molar-refractivity contribution in [2.75, 3.05) is 0 Å². The fraction of sp³-hybridized carbons (Fsp3) is 0.150. The summed E-state index contributed by atoms with van der Waals surface area (Å²) in [5.41, 5.74) is 4.72. The van der Waals surface area contributed by atoms with Crippen molar-refractivity contribution < 1.29 is 4.79 Å². The molecule has 0 bridgehead atoms. The minimum absolute atomic E-state index is 0.245. The highest BCUT2D eigenvalue weighted by Gasteiger charge is 2.09. The molecule has 2 heterocycles. The van der Waals surface area contributed by atoms with E-state index in [0.717, 1.165) is 5.56 Å². The van der Waals surface area contributed by atoms with E-state index in [1.165, 1.54) is 11.3 Å². The molecular formula is C20H14OS2Si. The summed E-state index contributed by atoms with van der Waals surface area (Å²) < 4.78 is 0. The summed E-state index contributed by atoms with van der Waals surface area (Å²) in [7, 11) is -1.46. The summed E-state index contributed by atoms with van der Waals surface area (Å²) in [6, 6.07) is 3.75. The zero-order valence-corrected chi connectivity index (χ0v) is 16.2. The monoisotopic (exact) mass is 362 g/mol. The van der Waals surface area contributed by atoms with Gasteiger partial charge in [-0.25, -0.2) is 0 Å². The summed E-state index contributed by atoms with van der Waals surface area (Å²) in [6.45, 7) is 6.40. The van der Waals surface area contributed by atoms with Crippen molar-refractivity contribution >= 4 is 36.5 Å². The van der Waals surface area contributed by atoms with Crippen molar-refractivity contribution in [1.29, 1.82) is 0 Å². The number of hydrogen-bond acceptors (Lipinski definition) is 3. The Morgan fingerprint density at radius 2 is 1.79 bits per heavy atom. The van der Waals surface area contributed by atoms with Gasteiger partial charge in [-0.3, -0.25) is 4.79 Å². The van der Waals surface area contributed by atoms with E-state index in [0.29, 0.717) is 10.4 Å². The molecule has 116 valence electrons. The molecule has 24 heavy (non-hydrogen) atoms. The third-order valence-electron chi connectivity index (χ3n) is 2.54. The van der Waals surface area contributed by atoms with Gasteiger partial charge >= 0.3 is 0 Å². The number of hydrogen-bond donors (Lipinski definition) is 0. The number of ketones is 1. The molecule has 0 saturated carbocycles. The van der Waals surface area contributed by atoms with Gasteiger partial charge < -0.3 is 0 Å². The van der Waals surface area contributed by atoms with Crippen molar-refractivity contribution in [2.45, 2.75) is 19.6 Å². The minimum Gasteiger partial charge on any atom is -0.278 e. The summed E-state index contributed by atoms with van der Waals surface area (Å²) in [4.78, 5) is 12.7. The van der Waals surface area contributed by atoms with Gasteiger partial charge in [0.2, 0.25) is 5.78 Å². The highest BCUT2D eigenvalue weighted by molar-refractivity contribution is 7.12. The van der Waals surface area contributed by atoms with Crippen LogP contribution in [0.15, 0.2) is 28.3 Å². The largest absolute Gasteiger partial charge is 0.278 e. The molecule has 0 spiro atoms. The van der Waals surface area contributed by atoms with Gasteiger partial charge in [0.1, 0.15) is 8.07 Å². The lowest BCUT2D eigenvalue weighted by atomic mass is 10.2. The molecule has 0 atom stereocenters. The van der Waals surface area contributed by atoms with E-state index in [9.17, 15) is 4.79 Å². The van der Waals surface area contributed by atoms with E-state index >= 15 is 0 Å². The maximum absolute atomic E-state index is 12.1. The molecular weight excluding hydrogens is 348 g/mol. The van der Waals surface area contributed by atoms with Gasteiger partial charge in [0.05, 0.1) is 4.88 Å². The van der Waals surface area contributed by atoms with Crippen LogP contribution >= 0.6 is 22.7 Å². The van der Waals surface area contributed by atoms with Crippen LogP contribution in [0.5, 0.6) is 0 Å². The van der Waals surface area contributed by atoms with Gasteiger partial charge in [-0.15, -0.1) is 16.9 Å².